The normalized spacial score (nSPS) is 15.5. The second kappa shape index (κ2) is 8.83. The number of benzene rings is 2. The molecule has 4 rings (SSSR count). The van der Waals surface area contributed by atoms with Crippen molar-refractivity contribution in [3.05, 3.63) is 75.0 Å². The van der Waals surface area contributed by atoms with Crippen LogP contribution in [0.2, 0.25) is 10.0 Å². The highest BCUT2D eigenvalue weighted by molar-refractivity contribution is 7.88. The predicted molar refractivity (Wildman–Crippen MR) is 127 cm³/mol. The number of sulfonamides is 1. The van der Waals surface area contributed by atoms with Crippen LogP contribution in [-0.2, 0) is 16.6 Å². The van der Waals surface area contributed by atoms with E-state index in [9.17, 15) is 18.3 Å². The quantitative estimate of drug-likeness (QED) is 0.555. The lowest BCUT2D eigenvalue weighted by Crippen LogP contribution is -2.35. The van der Waals surface area contributed by atoms with Crippen LogP contribution in [0.15, 0.2) is 42.5 Å². The Morgan fingerprint density at radius 1 is 1.15 bits per heavy atom. The lowest BCUT2D eigenvalue weighted by atomic mass is 9.99. The summed E-state index contributed by atoms with van der Waals surface area (Å²) in [5, 5.41) is 14.8. The highest BCUT2D eigenvalue weighted by atomic mass is 35.5. The van der Waals surface area contributed by atoms with Crippen molar-refractivity contribution in [1.82, 2.24) is 14.1 Å². The number of ether oxygens (including phenoxy) is 1. The smallest absolute Gasteiger partial charge is 0.356 e. The molecule has 0 amide bonds. The Hall–Kier alpha value is -2.85. The standard InChI is InChI=1S/C22H19Cl2N3O5S/c1-32-16-6-3-13(4-7-16)9-14-11-26(33(2,30)31)12-17-20(22(28)29)25-27(21(14)17)19-8-5-15(23)10-18(19)24/h3-10H,11-12H2,1-2H3,(H,28,29)/b14-9+. The SMILES string of the molecule is COc1ccc(/C=C2\CN(S(C)(=O)=O)Cc3c(C(=O)O)nn(-c4ccc(Cl)cc4Cl)c32)cc1. The number of rotatable bonds is 5. The molecule has 1 aliphatic rings. The van der Waals surface area contributed by atoms with Gasteiger partial charge in [0.25, 0.3) is 0 Å². The van der Waals surface area contributed by atoms with E-state index in [2.05, 4.69) is 5.10 Å². The van der Waals surface area contributed by atoms with Crippen molar-refractivity contribution >= 4 is 50.8 Å². The molecular formula is C22H19Cl2N3O5S. The van der Waals surface area contributed by atoms with Crippen LogP contribution in [0, 0.1) is 0 Å². The Kier molecular flexibility index (Phi) is 6.24. The summed E-state index contributed by atoms with van der Waals surface area (Å²) in [4.78, 5) is 12.0. The first-order valence-corrected chi connectivity index (χ1v) is 12.3. The molecule has 0 aliphatic carbocycles. The van der Waals surface area contributed by atoms with Gasteiger partial charge in [0.2, 0.25) is 10.0 Å². The molecule has 0 saturated carbocycles. The molecule has 0 bridgehead atoms. The third kappa shape index (κ3) is 4.63. The molecule has 8 nitrogen and oxygen atoms in total. The summed E-state index contributed by atoms with van der Waals surface area (Å²) < 4.78 is 32.6. The van der Waals surface area contributed by atoms with Crippen molar-refractivity contribution < 1.29 is 23.1 Å². The monoisotopic (exact) mass is 507 g/mol. The Morgan fingerprint density at radius 3 is 2.42 bits per heavy atom. The maximum Gasteiger partial charge on any atom is 0.356 e. The summed E-state index contributed by atoms with van der Waals surface area (Å²) in [5.41, 5.74) is 2.29. The third-order valence-corrected chi connectivity index (χ3v) is 6.97. The number of aromatic nitrogens is 2. The number of aromatic carboxylic acids is 1. The van der Waals surface area contributed by atoms with Crippen molar-refractivity contribution in [3.63, 3.8) is 0 Å². The maximum absolute atomic E-state index is 12.4. The average Bonchev–Trinajstić information content (AvgIpc) is 3.14. The van der Waals surface area contributed by atoms with Gasteiger partial charge in [0.1, 0.15) is 5.75 Å². The second-order valence-electron chi connectivity index (χ2n) is 7.46. The van der Waals surface area contributed by atoms with Crippen molar-refractivity contribution in [2.75, 3.05) is 19.9 Å². The van der Waals surface area contributed by atoms with E-state index in [4.69, 9.17) is 27.9 Å². The van der Waals surface area contributed by atoms with Gasteiger partial charge in [0, 0.05) is 23.7 Å². The largest absolute Gasteiger partial charge is 0.497 e. The zero-order valence-electron chi connectivity index (χ0n) is 17.6. The molecule has 0 saturated heterocycles. The van der Waals surface area contributed by atoms with Gasteiger partial charge in [0.05, 0.1) is 29.8 Å². The molecule has 0 spiro atoms. The average molecular weight is 508 g/mol. The highest BCUT2D eigenvalue weighted by Crippen LogP contribution is 2.36. The van der Waals surface area contributed by atoms with E-state index in [1.54, 1.807) is 37.5 Å². The first kappa shape index (κ1) is 23.3. The first-order chi connectivity index (χ1) is 15.6. The molecular weight excluding hydrogens is 489 g/mol. The molecule has 0 fully saturated rings. The van der Waals surface area contributed by atoms with E-state index >= 15 is 0 Å². The van der Waals surface area contributed by atoms with Crippen LogP contribution >= 0.6 is 23.2 Å². The molecule has 11 heteroatoms. The van der Waals surface area contributed by atoms with Crippen LogP contribution in [0.3, 0.4) is 0 Å². The van der Waals surface area contributed by atoms with E-state index in [1.165, 1.54) is 15.1 Å². The van der Waals surface area contributed by atoms with E-state index < -0.39 is 16.0 Å². The Morgan fingerprint density at radius 2 is 1.85 bits per heavy atom. The molecule has 172 valence electrons. The zero-order chi connectivity index (χ0) is 23.9. The molecule has 2 heterocycles. The minimum atomic E-state index is -3.62. The van der Waals surface area contributed by atoms with E-state index in [0.29, 0.717) is 27.7 Å². The number of nitrogens with zero attached hydrogens (tertiary/aromatic N) is 3. The summed E-state index contributed by atoms with van der Waals surface area (Å²) in [7, 11) is -2.05. The summed E-state index contributed by atoms with van der Waals surface area (Å²) in [5.74, 6) is -0.598. The van der Waals surface area contributed by atoms with Crippen molar-refractivity contribution in [2.24, 2.45) is 0 Å². The third-order valence-electron chi connectivity index (χ3n) is 5.24. The zero-order valence-corrected chi connectivity index (χ0v) is 19.9. The number of carboxylic acid groups (broad SMARTS) is 1. The lowest BCUT2D eigenvalue weighted by molar-refractivity contribution is 0.0688. The summed E-state index contributed by atoms with van der Waals surface area (Å²) >= 11 is 12.4. The second-order valence-corrected chi connectivity index (χ2v) is 10.3. The maximum atomic E-state index is 12.4. The summed E-state index contributed by atoms with van der Waals surface area (Å²) in [6, 6.07) is 12.0. The first-order valence-electron chi connectivity index (χ1n) is 9.69. The number of fused-ring (bicyclic) bond motifs is 1. The van der Waals surface area contributed by atoms with Crippen LogP contribution in [0.25, 0.3) is 17.3 Å². The number of halogens is 2. The Balaban J connectivity index is 1.98. The van der Waals surface area contributed by atoms with Gasteiger partial charge in [-0.3, -0.25) is 0 Å². The van der Waals surface area contributed by atoms with Crippen LogP contribution in [0.5, 0.6) is 5.75 Å². The van der Waals surface area contributed by atoms with Gasteiger partial charge >= 0.3 is 5.97 Å². The lowest BCUT2D eigenvalue weighted by Gasteiger charge is -2.28. The van der Waals surface area contributed by atoms with Crippen molar-refractivity contribution in [2.45, 2.75) is 6.54 Å². The Bertz CT molecular complexity index is 1380. The summed E-state index contributed by atoms with van der Waals surface area (Å²) in [6.07, 6.45) is 2.88. The number of hydrogen-bond donors (Lipinski definition) is 1. The molecule has 1 aliphatic heterocycles. The number of carbonyl (C=O) groups is 1. The van der Waals surface area contributed by atoms with E-state index in [0.717, 1.165) is 11.8 Å². The summed E-state index contributed by atoms with van der Waals surface area (Å²) in [6.45, 7) is -0.0885. The minimum Gasteiger partial charge on any atom is -0.497 e. The van der Waals surface area contributed by atoms with Gasteiger partial charge in [0.15, 0.2) is 5.69 Å². The highest BCUT2D eigenvalue weighted by Gasteiger charge is 2.35. The van der Waals surface area contributed by atoms with Gasteiger partial charge in [-0.1, -0.05) is 35.3 Å². The van der Waals surface area contributed by atoms with Crippen molar-refractivity contribution in [3.8, 4) is 11.4 Å². The number of methoxy groups -OCH3 is 1. The van der Waals surface area contributed by atoms with Crippen LogP contribution < -0.4 is 4.74 Å². The Labute approximate surface area is 200 Å². The number of hydrogen-bond acceptors (Lipinski definition) is 5. The molecule has 0 unspecified atom stereocenters. The molecule has 3 aromatic rings. The van der Waals surface area contributed by atoms with Crippen molar-refractivity contribution in [1.29, 1.82) is 0 Å². The van der Waals surface area contributed by atoms with Gasteiger partial charge in [-0.25, -0.2) is 17.9 Å². The molecule has 1 N–H and O–H groups in total. The van der Waals surface area contributed by atoms with Gasteiger partial charge in [-0.05, 0) is 47.5 Å². The van der Waals surface area contributed by atoms with Gasteiger partial charge in [-0.15, -0.1) is 0 Å². The van der Waals surface area contributed by atoms with E-state index in [1.807, 2.05) is 12.1 Å². The molecule has 0 atom stereocenters. The fourth-order valence-corrected chi connectivity index (χ4v) is 4.90. The van der Waals surface area contributed by atoms with E-state index in [-0.39, 0.29) is 29.4 Å². The van der Waals surface area contributed by atoms with Gasteiger partial charge < -0.3 is 9.84 Å². The number of carboxylic acids is 1. The van der Waals surface area contributed by atoms with Crippen LogP contribution in [-0.4, -0.2) is 53.5 Å². The molecule has 1 aromatic heterocycles. The van der Waals surface area contributed by atoms with Gasteiger partial charge in [-0.2, -0.15) is 9.40 Å². The minimum absolute atomic E-state index is 0.0355. The molecule has 33 heavy (non-hydrogen) atoms. The molecule has 2 aromatic carbocycles. The topological polar surface area (TPSA) is 102 Å². The molecule has 0 radical (unpaired) electrons. The van der Waals surface area contributed by atoms with Crippen LogP contribution in [0.4, 0.5) is 0 Å². The van der Waals surface area contributed by atoms with Crippen LogP contribution in [0.1, 0.15) is 27.3 Å². The fourth-order valence-electron chi connectivity index (χ4n) is 3.68. The fraction of sp³-hybridized carbons (Fsp3) is 0.182. The predicted octanol–water partition coefficient (Wildman–Crippen LogP) is 4.20.